The molecule has 0 saturated carbocycles. The zero-order chi connectivity index (χ0) is 87.2. The van der Waals surface area contributed by atoms with Gasteiger partial charge in [0.1, 0.15) is 0 Å². The van der Waals surface area contributed by atoms with Crippen LogP contribution in [0.4, 0.5) is 0 Å². The van der Waals surface area contributed by atoms with E-state index in [-0.39, 0.29) is 65.0 Å². The molecule has 0 fully saturated rings. The Bertz CT molecular complexity index is 6180. The second-order valence-corrected chi connectivity index (χ2v) is 59.0. The Morgan fingerprint density at radius 1 is 0.200 bits per heavy atom. The number of hydrogen-bond acceptors (Lipinski definition) is 10. The fraction of sp³-hybridized carbons (Fsp3) is 0.473. The van der Waals surface area contributed by atoms with Crippen LogP contribution < -0.4 is 0 Å². The second kappa shape index (κ2) is 28.2. The van der Waals surface area contributed by atoms with Crippen LogP contribution in [0, 0.1) is 22.7 Å². The van der Waals surface area contributed by atoms with Crippen LogP contribution in [-0.4, -0.2) is 0 Å². The Morgan fingerprint density at radius 2 is 0.417 bits per heavy atom. The molecule has 3 aliphatic rings. The summed E-state index contributed by atoms with van der Waals surface area (Å²) in [7, 11) is 0. The number of thioether (sulfide) groups is 2. The highest BCUT2D eigenvalue weighted by Gasteiger charge is 2.52. The molecule has 0 saturated heterocycles. The van der Waals surface area contributed by atoms with E-state index in [0.717, 1.165) is 0 Å². The van der Waals surface area contributed by atoms with Gasteiger partial charge in [-0.05, 0) is 226 Å². The molecule has 0 amide bonds. The quantitative estimate of drug-likeness (QED) is 0.161. The first-order chi connectivity index (χ1) is 55.1. The molecule has 0 radical (unpaired) electrons. The van der Waals surface area contributed by atoms with Crippen molar-refractivity contribution in [2.24, 2.45) is 22.7 Å². The monoisotopic (exact) mass is 1770 g/mol. The normalized spacial score (nSPS) is 17.9. The van der Waals surface area contributed by atoms with Crippen LogP contribution in [0.5, 0.6) is 0 Å². The maximum absolute atomic E-state index is 2.76. The Labute approximate surface area is 759 Å². The molecule has 15 aromatic rings. The van der Waals surface area contributed by atoms with Crippen molar-refractivity contribution >= 4 is 208 Å². The number of fused-ring (bicyclic) bond motifs is 21. The van der Waals surface area contributed by atoms with Gasteiger partial charge in [-0.2, -0.15) is 0 Å². The lowest BCUT2D eigenvalue weighted by Crippen LogP contribution is -2.25. The predicted octanol–water partition coefficient (Wildman–Crippen LogP) is 39.0. The summed E-state index contributed by atoms with van der Waals surface area (Å²) >= 11 is 20.8. The number of rotatable bonds is 4. The molecule has 2 aliphatic heterocycles. The Hall–Kier alpha value is -5.08. The van der Waals surface area contributed by atoms with E-state index < -0.39 is 0 Å². The average Bonchev–Trinajstić information content (AvgIpc) is 1.47. The summed E-state index contributed by atoms with van der Waals surface area (Å²) < 4.78 is 6.06. The van der Waals surface area contributed by atoms with Crippen LogP contribution >= 0.6 is 114 Å². The van der Waals surface area contributed by atoms with Crippen LogP contribution in [0.15, 0.2) is 119 Å². The maximum Gasteiger partial charge on any atom is 0.0438 e. The lowest BCUT2D eigenvalue weighted by molar-refractivity contribution is 0.434. The van der Waals surface area contributed by atoms with E-state index in [1.54, 1.807) is 42.5 Å². The van der Waals surface area contributed by atoms with Crippen molar-refractivity contribution in [2.45, 2.75) is 314 Å². The van der Waals surface area contributed by atoms with Crippen molar-refractivity contribution in [1.82, 2.24) is 0 Å². The van der Waals surface area contributed by atoms with Gasteiger partial charge in [-0.25, -0.2) is 0 Å². The topological polar surface area (TPSA) is 0 Å². The van der Waals surface area contributed by atoms with Crippen molar-refractivity contribution in [2.75, 3.05) is 0 Å². The molecule has 630 valence electrons. The molecule has 10 heteroatoms. The average molecular weight is 1770 g/mol. The standard InChI is InChI=1S/C56H66S4.C54H64S6/c1-51(2,3)31-27-33-45-34(28-31)48(38-20-24-42(58-38)54(10,11)12)50(40-22-26-44(60-40)56(16,17)18)36-30-32(52(4,5)6)29-35(46(36)45)49(39-21-25-43(59-39)55(13,14)15)47(33)37-19-23-41(57-37)53(7,8)9;1-49(2,3)31-19-25-26-20-32(50(4,5)6)56-44(26)38-37(43(25)55-31)39-41(47-28(22-34(59-47)52(10,11)12)27-21-33(51(7,8)9)57-45(27)39)42-40(38)46-29(23-35(58-46)53(13,14)15)30-24-36(54(16,17)18)60-48(30)42/h19-30H,1-18H3;19-26,43-44H,1-18H3. The molecular formula is C110H130S10. The van der Waals surface area contributed by atoms with Gasteiger partial charge in [0.15, 0.2) is 0 Å². The molecule has 0 N–H and O–H groups in total. The van der Waals surface area contributed by atoms with E-state index in [1.807, 2.05) is 45.3 Å². The van der Waals surface area contributed by atoms with E-state index >= 15 is 0 Å². The molecule has 1 aliphatic carbocycles. The smallest absolute Gasteiger partial charge is 0.0438 e. The highest BCUT2D eigenvalue weighted by Crippen LogP contribution is 2.72. The van der Waals surface area contributed by atoms with Gasteiger partial charge >= 0.3 is 0 Å². The van der Waals surface area contributed by atoms with Crippen molar-refractivity contribution in [3.8, 4) is 41.8 Å². The van der Waals surface area contributed by atoms with E-state index in [4.69, 9.17) is 0 Å². The predicted molar refractivity (Wildman–Crippen MR) is 556 cm³/mol. The minimum atomic E-state index is -0.0680. The third-order valence-electron chi connectivity index (χ3n) is 25.5. The largest absolute Gasteiger partial charge is 0.140 e. The third kappa shape index (κ3) is 14.6. The van der Waals surface area contributed by atoms with Crippen LogP contribution in [-0.2, 0) is 54.1 Å². The van der Waals surface area contributed by atoms with Crippen molar-refractivity contribution in [3.63, 3.8) is 0 Å². The zero-order valence-electron chi connectivity index (χ0n) is 78.8. The summed E-state index contributed by atoms with van der Waals surface area (Å²) in [5.41, 5.74) is 12.1. The van der Waals surface area contributed by atoms with Gasteiger partial charge in [0.25, 0.3) is 0 Å². The highest BCUT2D eigenvalue weighted by atomic mass is 32.2. The Balaban J connectivity index is 0.000000171. The van der Waals surface area contributed by atoms with Crippen molar-refractivity contribution < 1.29 is 0 Å². The first kappa shape index (κ1) is 87.0. The summed E-state index contributed by atoms with van der Waals surface area (Å²) in [6.45, 7) is 86.3. The van der Waals surface area contributed by atoms with Crippen LogP contribution in [0.2, 0.25) is 0 Å². The molecule has 120 heavy (non-hydrogen) atoms. The van der Waals surface area contributed by atoms with E-state index in [9.17, 15) is 0 Å². The van der Waals surface area contributed by atoms with Crippen molar-refractivity contribution in [3.05, 3.63) is 180 Å². The molecule has 0 bridgehead atoms. The Kier molecular flexibility index (Phi) is 20.5. The van der Waals surface area contributed by atoms with Crippen LogP contribution in [0.1, 0.15) is 321 Å². The van der Waals surface area contributed by atoms with Gasteiger partial charge < -0.3 is 0 Å². The van der Waals surface area contributed by atoms with Gasteiger partial charge in [-0.1, -0.05) is 261 Å². The van der Waals surface area contributed by atoms with Gasteiger partial charge in [-0.3, -0.25) is 0 Å². The van der Waals surface area contributed by atoms with Gasteiger partial charge in [0, 0.05) is 165 Å². The number of benzene rings is 7. The zero-order valence-corrected chi connectivity index (χ0v) is 86.9. The van der Waals surface area contributed by atoms with E-state index in [1.165, 1.54) is 165 Å². The SMILES string of the molecule is CC(C)(C)C1=CC2C(S1)c1c(c3c4sc(C(C)(C)C)cc4c4cc(C(C)(C)C)sc4c3c3c4sc(C(C)(C)C)cc4c4cc(C(C)(C)C)sc4c13)C1SC(C(C)(C)C)=CC12.CC(C)(C)c1cc2c(-c3ccc(C(C)(C)C)s3)c(-c3ccc(C(C)(C)C)s3)c3cc(C(C)(C)C)cc4c(-c5ccc(C(C)(C)C)s5)c(-c5ccc(C(C)(C)C)s5)c(c1)c2c34. The molecular weight excluding hydrogens is 1640 g/mol. The maximum atomic E-state index is 2.76. The molecule has 10 heterocycles. The van der Waals surface area contributed by atoms with Crippen LogP contribution in [0.25, 0.3) is 136 Å². The number of hydrogen-bond donors (Lipinski definition) is 0. The van der Waals surface area contributed by atoms with E-state index in [2.05, 4.69) is 427 Å². The summed E-state index contributed by atoms with van der Waals surface area (Å²) in [6, 6.07) is 40.2. The van der Waals surface area contributed by atoms with E-state index in [0.29, 0.717) is 22.3 Å². The number of thiophene rings is 8. The molecule has 0 nitrogen and oxygen atoms in total. The Morgan fingerprint density at radius 3 is 0.608 bits per heavy atom. The molecule has 7 aromatic carbocycles. The molecule has 18 rings (SSSR count). The molecule has 8 aromatic heterocycles. The fourth-order valence-corrected chi connectivity index (χ4v) is 31.4. The first-order valence-corrected chi connectivity index (χ1v) is 52.3. The van der Waals surface area contributed by atoms with Gasteiger partial charge in [0.2, 0.25) is 0 Å². The fourth-order valence-electron chi connectivity index (χ4n) is 18.4. The third-order valence-corrected chi connectivity index (χ3v) is 41.6. The molecule has 4 atom stereocenters. The first-order valence-electron chi connectivity index (χ1n) is 44.0. The summed E-state index contributed by atoms with van der Waals surface area (Å²) in [6.07, 6.45) is 5.53. The lowest BCUT2D eigenvalue weighted by Gasteiger charge is -2.39. The molecule has 4 unspecified atom stereocenters. The van der Waals surface area contributed by atoms with Gasteiger partial charge in [-0.15, -0.1) is 114 Å². The summed E-state index contributed by atoms with van der Waals surface area (Å²) in [4.78, 5) is 20.2. The van der Waals surface area contributed by atoms with Gasteiger partial charge in [0.05, 0.1) is 0 Å². The minimum Gasteiger partial charge on any atom is -0.140 e. The van der Waals surface area contributed by atoms with Crippen molar-refractivity contribution in [1.29, 1.82) is 0 Å². The minimum absolute atomic E-state index is 0.0518. The second-order valence-electron chi connectivity index (χ2n) is 48.1. The lowest BCUT2D eigenvalue weighted by atomic mass is 9.71. The number of allylic oxidation sites excluding steroid dienone is 4. The van der Waals surface area contributed by atoms with Crippen LogP contribution in [0.3, 0.4) is 0 Å². The summed E-state index contributed by atoms with van der Waals surface area (Å²) in [5.74, 6) is 0.913. The molecule has 0 spiro atoms. The summed E-state index contributed by atoms with van der Waals surface area (Å²) in [5, 5.41) is 21.2. The highest BCUT2D eigenvalue weighted by molar-refractivity contribution is 8.04.